The lowest BCUT2D eigenvalue weighted by molar-refractivity contribution is -0.137. The summed E-state index contributed by atoms with van der Waals surface area (Å²) in [6, 6.07) is 10.3. The molecule has 1 aliphatic heterocycles. The largest absolute Gasteiger partial charge is 0.416 e. The predicted molar refractivity (Wildman–Crippen MR) is 117 cm³/mol. The Morgan fingerprint density at radius 3 is 2.27 bits per heavy atom. The lowest BCUT2D eigenvalue weighted by atomic mass is 10.0. The Balaban J connectivity index is 1.31. The summed E-state index contributed by atoms with van der Waals surface area (Å²) in [7, 11) is 0. The molecule has 174 valence electrons. The number of rotatable bonds is 5. The molecule has 0 unspecified atom stereocenters. The summed E-state index contributed by atoms with van der Waals surface area (Å²) < 4.78 is 40.4. The Labute approximate surface area is 187 Å². The van der Waals surface area contributed by atoms with Gasteiger partial charge in [0.2, 0.25) is 11.8 Å². The molecule has 33 heavy (non-hydrogen) atoms. The van der Waals surface area contributed by atoms with Crippen LogP contribution in [0.3, 0.4) is 0 Å². The first-order valence-electron chi connectivity index (χ1n) is 10.5. The van der Waals surface area contributed by atoms with Gasteiger partial charge in [-0.25, -0.2) is 4.68 Å². The number of carbonyl (C=O) groups is 2. The van der Waals surface area contributed by atoms with Gasteiger partial charge in [0.05, 0.1) is 23.7 Å². The molecule has 0 radical (unpaired) electrons. The Morgan fingerprint density at radius 1 is 1.03 bits per heavy atom. The summed E-state index contributed by atoms with van der Waals surface area (Å²) >= 11 is 0. The minimum Gasteiger partial charge on any atom is -0.326 e. The third-order valence-corrected chi connectivity index (χ3v) is 5.56. The zero-order valence-corrected chi connectivity index (χ0v) is 17.9. The average Bonchev–Trinajstić information content (AvgIpc) is 3.18. The van der Waals surface area contributed by atoms with Gasteiger partial charge in [-0.3, -0.25) is 14.5 Å². The molecular formula is C22H23F3N6O2. The Hall–Kier alpha value is -3.47. The first kappa shape index (κ1) is 22.7. The lowest BCUT2D eigenvalue weighted by Crippen LogP contribution is -2.39. The van der Waals surface area contributed by atoms with Gasteiger partial charge < -0.3 is 10.6 Å². The highest BCUT2D eigenvalue weighted by molar-refractivity contribution is 5.93. The maximum absolute atomic E-state index is 12.9. The van der Waals surface area contributed by atoms with Crippen LogP contribution in [-0.2, 0) is 15.8 Å². The number of piperidine rings is 1. The number of aromatic nitrogens is 3. The van der Waals surface area contributed by atoms with Gasteiger partial charge in [0, 0.05) is 31.4 Å². The number of alkyl halides is 3. The molecule has 4 rings (SSSR count). The van der Waals surface area contributed by atoms with Crippen LogP contribution in [0.1, 0.15) is 31.4 Å². The first-order valence-corrected chi connectivity index (χ1v) is 10.5. The van der Waals surface area contributed by atoms with Crippen LogP contribution >= 0.6 is 0 Å². The van der Waals surface area contributed by atoms with Crippen LogP contribution in [0.25, 0.3) is 11.0 Å². The molecule has 1 saturated heterocycles. The molecule has 2 N–H and O–H groups in total. The number of hydrogen-bond donors (Lipinski definition) is 2. The fourth-order valence-electron chi connectivity index (χ4n) is 3.95. The van der Waals surface area contributed by atoms with Crippen molar-refractivity contribution in [3.05, 3.63) is 48.0 Å². The number of halogens is 3. The molecular weight excluding hydrogens is 437 g/mol. The van der Waals surface area contributed by atoms with Crippen LogP contribution in [0, 0.1) is 0 Å². The van der Waals surface area contributed by atoms with Gasteiger partial charge in [0.25, 0.3) is 0 Å². The minimum atomic E-state index is -4.42. The SMILES string of the molecule is CC(=O)Nc1ccc(NC(=O)CN2CCC(n3nnc4cc(C(F)(F)F)ccc43)CC2)cc1. The van der Waals surface area contributed by atoms with Gasteiger partial charge in [0.1, 0.15) is 5.52 Å². The zero-order chi connectivity index (χ0) is 23.6. The molecule has 8 nitrogen and oxygen atoms in total. The second-order valence-corrected chi connectivity index (χ2v) is 8.05. The molecule has 1 aromatic heterocycles. The van der Waals surface area contributed by atoms with E-state index in [2.05, 4.69) is 20.9 Å². The number of fused-ring (bicyclic) bond motifs is 1. The summed E-state index contributed by atoms with van der Waals surface area (Å²) in [4.78, 5) is 25.5. The second-order valence-electron chi connectivity index (χ2n) is 8.05. The Kier molecular flexibility index (Phi) is 6.32. The number of anilines is 2. The Morgan fingerprint density at radius 2 is 1.67 bits per heavy atom. The number of nitrogens with one attached hydrogen (secondary N) is 2. The number of likely N-dealkylation sites (tertiary alicyclic amines) is 1. The van der Waals surface area contributed by atoms with Crippen molar-refractivity contribution in [1.29, 1.82) is 0 Å². The van der Waals surface area contributed by atoms with Crippen LogP contribution in [0.4, 0.5) is 24.5 Å². The number of carbonyl (C=O) groups excluding carboxylic acids is 2. The van der Waals surface area contributed by atoms with E-state index in [4.69, 9.17) is 0 Å². The van der Waals surface area contributed by atoms with Crippen molar-refractivity contribution in [3.8, 4) is 0 Å². The fourth-order valence-corrected chi connectivity index (χ4v) is 3.95. The highest BCUT2D eigenvalue weighted by Gasteiger charge is 2.31. The number of amides is 2. The summed E-state index contributed by atoms with van der Waals surface area (Å²) in [5.41, 5.74) is 1.33. The molecule has 1 fully saturated rings. The van der Waals surface area contributed by atoms with Gasteiger partial charge in [-0.05, 0) is 55.3 Å². The highest BCUT2D eigenvalue weighted by Crippen LogP contribution is 2.32. The van der Waals surface area contributed by atoms with E-state index in [9.17, 15) is 22.8 Å². The fraction of sp³-hybridized carbons (Fsp3) is 0.364. The quantitative estimate of drug-likeness (QED) is 0.606. The van der Waals surface area contributed by atoms with Gasteiger partial charge >= 0.3 is 6.18 Å². The van der Waals surface area contributed by atoms with Crippen LogP contribution < -0.4 is 10.6 Å². The number of hydrogen-bond acceptors (Lipinski definition) is 5. The summed E-state index contributed by atoms with van der Waals surface area (Å²) in [5, 5.41) is 13.5. The van der Waals surface area contributed by atoms with Crippen LogP contribution in [0.5, 0.6) is 0 Å². The predicted octanol–water partition coefficient (Wildman–Crippen LogP) is 3.68. The number of nitrogens with zero attached hydrogens (tertiary/aromatic N) is 4. The van der Waals surface area contributed by atoms with Gasteiger partial charge in [0.15, 0.2) is 0 Å². The highest BCUT2D eigenvalue weighted by atomic mass is 19.4. The lowest BCUT2D eigenvalue weighted by Gasteiger charge is -2.31. The average molecular weight is 460 g/mol. The van der Waals surface area contributed by atoms with E-state index in [1.54, 1.807) is 28.9 Å². The molecule has 3 aromatic rings. The minimum absolute atomic E-state index is 0.00682. The Bertz CT molecular complexity index is 1150. The van der Waals surface area contributed by atoms with Gasteiger partial charge in [-0.15, -0.1) is 5.10 Å². The van der Waals surface area contributed by atoms with E-state index in [0.29, 0.717) is 42.8 Å². The molecule has 11 heteroatoms. The standard InChI is InChI=1S/C22H23F3N6O2/c1-14(32)26-16-3-5-17(6-4-16)27-21(33)13-30-10-8-18(9-11-30)31-20-7-2-15(22(23,24)25)12-19(20)28-29-31/h2-7,12,18H,8-11,13H2,1H3,(H,26,32)(H,27,33). The molecule has 0 spiro atoms. The van der Waals surface area contributed by atoms with Crippen molar-refractivity contribution in [2.24, 2.45) is 0 Å². The van der Waals surface area contributed by atoms with Crippen LogP contribution in [0.15, 0.2) is 42.5 Å². The van der Waals surface area contributed by atoms with Crippen molar-refractivity contribution in [2.45, 2.75) is 32.0 Å². The maximum atomic E-state index is 12.9. The van der Waals surface area contributed by atoms with Crippen molar-refractivity contribution in [2.75, 3.05) is 30.3 Å². The van der Waals surface area contributed by atoms with Crippen molar-refractivity contribution in [1.82, 2.24) is 19.9 Å². The zero-order valence-electron chi connectivity index (χ0n) is 17.9. The van der Waals surface area contributed by atoms with E-state index in [0.717, 1.165) is 12.1 Å². The van der Waals surface area contributed by atoms with Gasteiger partial charge in [-0.1, -0.05) is 5.21 Å². The topological polar surface area (TPSA) is 92.2 Å². The monoisotopic (exact) mass is 460 g/mol. The second kappa shape index (κ2) is 9.18. The van der Waals surface area contributed by atoms with E-state index < -0.39 is 11.7 Å². The van der Waals surface area contributed by atoms with Gasteiger partial charge in [-0.2, -0.15) is 13.2 Å². The third-order valence-electron chi connectivity index (χ3n) is 5.56. The molecule has 2 aromatic carbocycles. The maximum Gasteiger partial charge on any atom is 0.416 e. The van der Waals surface area contributed by atoms with E-state index >= 15 is 0 Å². The van der Waals surface area contributed by atoms with E-state index in [-0.39, 0.29) is 29.9 Å². The first-order chi connectivity index (χ1) is 15.7. The molecule has 2 amide bonds. The third kappa shape index (κ3) is 5.48. The molecule has 2 heterocycles. The van der Waals surface area contributed by atoms with Crippen molar-refractivity contribution >= 4 is 34.2 Å². The normalized spacial score (nSPS) is 15.5. The summed E-state index contributed by atoms with van der Waals surface area (Å²) in [6.07, 6.45) is -3.01. The summed E-state index contributed by atoms with van der Waals surface area (Å²) in [6.45, 7) is 2.96. The molecule has 0 atom stereocenters. The van der Waals surface area contributed by atoms with Crippen LogP contribution in [-0.4, -0.2) is 51.3 Å². The van der Waals surface area contributed by atoms with Crippen molar-refractivity contribution in [3.63, 3.8) is 0 Å². The molecule has 0 aliphatic carbocycles. The molecule has 1 aliphatic rings. The molecule has 0 saturated carbocycles. The van der Waals surface area contributed by atoms with Crippen LogP contribution in [0.2, 0.25) is 0 Å². The van der Waals surface area contributed by atoms with E-state index in [1.165, 1.54) is 13.0 Å². The van der Waals surface area contributed by atoms with Crippen molar-refractivity contribution < 1.29 is 22.8 Å². The molecule has 0 bridgehead atoms. The summed E-state index contributed by atoms with van der Waals surface area (Å²) in [5.74, 6) is -0.313. The van der Waals surface area contributed by atoms with E-state index in [1.807, 2.05) is 4.90 Å². The smallest absolute Gasteiger partial charge is 0.326 e. The number of benzene rings is 2.